The molecule has 2 aliphatic rings. The molecule has 2 aromatic rings. The highest BCUT2D eigenvalue weighted by Gasteiger charge is 2.44. The van der Waals surface area contributed by atoms with Crippen LogP contribution in [0.25, 0.3) is 11.2 Å². The first-order valence-electron chi connectivity index (χ1n) is 8.10. The zero-order chi connectivity index (χ0) is 20.4. The van der Waals surface area contributed by atoms with E-state index in [9.17, 15) is 24.6 Å². The number of imidazole rings is 1. The molecule has 1 aliphatic carbocycles. The van der Waals surface area contributed by atoms with Gasteiger partial charge in [0, 0.05) is 0 Å². The highest BCUT2D eigenvalue weighted by Crippen LogP contribution is 2.30. The quantitative estimate of drug-likeness (QED) is 0.343. The van der Waals surface area contributed by atoms with Crippen LogP contribution in [0.3, 0.4) is 0 Å². The smallest absolute Gasteiger partial charge is 0.280 e. The lowest BCUT2D eigenvalue weighted by atomic mass is 10.1. The first-order valence-corrected chi connectivity index (χ1v) is 8.10. The predicted octanol–water partition coefficient (Wildman–Crippen LogP) is -2.44. The van der Waals surface area contributed by atoms with E-state index in [1.807, 2.05) is 0 Å². The van der Waals surface area contributed by atoms with Crippen molar-refractivity contribution >= 4 is 28.7 Å². The minimum Gasteiger partial charge on any atom is -0.394 e. The summed E-state index contributed by atoms with van der Waals surface area (Å²) >= 11 is 0. The number of carbonyl (C=O) groups excluding carboxylic acids is 2. The standard InChI is InChI=1S/C10H13N5O5.C6H4O2/c11-10-13-7-4(8(19)14-10)12-2-15(7)9-6(18)5(17)3(1-16)20-9;7-5-1-2-6(8)4-3-5/h2-3,5-6,9,16-18H,1H2,(H3,11,13,14,19);1-4H/t3-,5-,6-,9-;/m1./s1. The summed E-state index contributed by atoms with van der Waals surface area (Å²) in [4.78, 5) is 42.3. The zero-order valence-electron chi connectivity index (χ0n) is 14.3. The maximum atomic E-state index is 11.7. The van der Waals surface area contributed by atoms with E-state index in [-0.39, 0.29) is 28.7 Å². The van der Waals surface area contributed by atoms with E-state index in [0.29, 0.717) is 0 Å². The Morgan fingerprint density at radius 2 is 1.71 bits per heavy atom. The van der Waals surface area contributed by atoms with Gasteiger partial charge in [-0.15, -0.1) is 0 Å². The molecule has 4 atom stereocenters. The van der Waals surface area contributed by atoms with E-state index in [4.69, 9.17) is 15.6 Å². The number of nitrogens with zero attached hydrogens (tertiary/aromatic N) is 3. The van der Waals surface area contributed by atoms with Crippen LogP contribution in [0.1, 0.15) is 6.23 Å². The van der Waals surface area contributed by atoms with Crippen molar-refractivity contribution in [2.24, 2.45) is 0 Å². The average Bonchev–Trinajstić information content (AvgIpc) is 3.20. The molecule has 1 aliphatic heterocycles. The number of aliphatic hydroxyl groups is 3. The molecule has 2 aromatic heterocycles. The number of nitrogen functional groups attached to an aromatic ring is 1. The highest BCUT2D eigenvalue weighted by atomic mass is 16.6. The van der Waals surface area contributed by atoms with Crippen LogP contribution in [-0.2, 0) is 14.3 Å². The first-order chi connectivity index (χ1) is 13.3. The molecule has 0 spiro atoms. The molecule has 12 nitrogen and oxygen atoms in total. The average molecular weight is 391 g/mol. The Morgan fingerprint density at radius 1 is 1.11 bits per heavy atom. The molecule has 0 aromatic carbocycles. The molecule has 4 rings (SSSR count). The molecular weight excluding hydrogens is 374 g/mol. The summed E-state index contributed by atoms with van der Waals surface area (Å²) in [5.41, 5.74) is 5.12. The van der Waals surface area contributed by atoms with Crippen LogP contribution in [0.2, 0.25) is 0 Å². The van der Waals surface area contributed by atoms with Gasteiger partial charge in [0.1, 0.15) is 18.3 Å². The number of nitrogens with two attached hydrogens (primary N) is 1. The van der Waals surface area contributed by atoms with Gasteiger partial charge in [0.2, 0.25) is 5.95 Å². The minimum atomic E-state index is -1.29. The number of allylic oxidation sites excluding steroid dienone is 4. The largest absolute Gasteiger partial charge is 0.394 e. The fourth-order valence-electron chi connectivity index (χ4n) is 2.68. The molecule has 0 radical (unpaired) electrons. The lowest BCUT2D eigenvalue weighted by Crippen LogP contribution is -2.33. The number of ketones is 2. The van der Waals surface area contributed by atoms with E-state index < -0.39 is 36.7 Å². The normalized spacial score (nSPS) is 26.5. The number of rotatable bonds is 2. The van der Waals surface area contributed by atoms with E-state index >= 15 is 0 Å². The van der Waals surface area contributed by atoms with Gasteiger partial charge in [-0.05, 0) is 24.3 Å². The Labute approximate surface area is 156 Å². The number of fused-ring (bicyclic) bond motifs is 1. The van der Waals surface area contributed by atoms with E-state index in [1.54, 1.807) is 0 Å². The minimum absolute atomic E-state index is 0.0388. The van der Waals surface area contributed by atoms with Crippen LogP contribution in [0.15, 0.2) is 35.4 Å². The van der Waals surface area contributed by atoms with Crippen molar-refractivity contribution in [1.29, 1.82) is 0 Å². The van der Waals surface area contributed by atoms with Crippen molar-refractivity contribution in [1.82, 2.24) is 19.5 Å². The molecule has 1 fully saturated rings. The second-order valence-corrected chi connectivity index (χ2v) is 5.98. The topological polar surface area (TPSA) is 194 Å². The fourth-order valence-corrected chi connectivity index (χ4v) is 2.68. The number of H-pyrrole nitrogens is 1. The second-order valence-electron chi connectivity index (χ2n) is 5.98. The SMILES string of the molecule is Nc1nc2c(ncn2[C@@H]2O[C@H](CO)[C@@H](O)[C@H]2O)c(=O)[nH]1.O=C1C=CC(=O)C=C1. The van der Waals surface area contributed by atoms with Crippen molar-refractivity contribution in [3.63, 3.8) is 0 Å². The third-order valence-electron chi connectivity index (χ3n) is 4.07. The van der Waals surface area contributed by atoms with Crippen LogP contribution < -0.4 is 11.3 Å². The Hall–Kier alpha value is -3.19. The summed E-state index contributed by atoms with van der Waals surface area (Å²) in [6, 6.07) is 0. The number of carbonyl (C=O) groups is 2. The lowest BCUT2D eigenvalue weighted by Gasteiger charge is -2.16. The maximum absolute atomic E-state index is 11.7. The summed E-state index contributed by atoms with van der Waals surface area (Å²) in [6.07, 6.45) is 1.79. The van der Waals surface area contributed by atoms with E-state index in [2.05, 4.69) is 15.0 Å². The molecule has 0 amide bonds. The van der Waals surface area contributed by atoms with Gasteiger partial charge >= 0.3 is 0 Å². The van der Waals surface area contributed by atoms with Gasteiger partial charge in [-0.2, -0.15) is 4.98 Å². The third kappa shape index (κ3) is 3.75. The third-order valence-corrected chi connectivity index (χ3v) is 4.07. The molecule has 28 heavy (non-hydrogen) atoms. The second kappa shape index (κ2) is 7.82. The summed E-state index contributed by atoms with van der Waals surface area (Å²) in [5.74, 6) is -0.342. The number of aromatic nitrogens is 4. The molecule has 0 unspecified atom stereocenters. The first kappa shape index (κ1) is 19.6. The van der Waals surface area contributed by atoms with Gasteiger partial charge < -0.3 is 25.8 Å². The van der Waals surface area contributed by atoms with Crippen LogP contribution in [-0.4, -0.2) is 71.3 Å². The van der Waals surface area contributed by atoms with Crippen LogP contribution >= 0.6 is 0 Å². The van der Waals surface area contributed by atoms with Gasteiger partial charge in [-0.25, -0.2) is 4.98 Å². The summed E-state index contributed by atoms with van der Waals surface area (Å²) in [5, 5.41) is 28.7. The molecule has 148 valence electrons. The van der Waals surface area contributed by atoms with Gasteiger partial charge in [0.05, 0.1) is 12.9 Å². The molecule has 0 saturated carbocycles. The highest BCUT2D eigenvalue weighted by molar-refractivity contribution is 6.14. The molecule has 0 bridgehead atoms. The van der Waals surface area contributed by atoms with Gasteiger partial charge in [-0.1, -0.05) is 0 Å². The Morgan fingerprint density at radius 3 is 2.25 bits per heavy atom. The summed E-state index contributed by atoms with van der Waals surface area (Å²) in [7, 11) is 0. The van der Waals surface area contributed by atoms with Crippen molar-refractivity contribution in [3.05, 3.63) is 41.0 Å². The van der Waals surface area contributed by atoms with Crippen LogP contribution in [0, 0.1) is 0 Å². The van der Waals surface area contributed by atoms with Crippen molar-refractivity contribution in [3.8, 4) is 0 Å². The number of hydrogen-bond acceptors (Lipinski definition) is 10. The number of aromatic amines is 1. The van der Waals surface area contributed by atoms with Crippen LogP contribution in [0.5, 0.6) is 0 Å². The number of hydrogen-bond donors (Lipinski definition) is 5. The number of ether oxygens (including phenoxy) is 1. The van der Waals surface area contributed by atoms with Gasteiger partial charge in [-0.3, -0.25) is 23.9 Å². The lowest BCUT2D eigenvalue weighted by molar-refractivity contribution is -0.113. The number of aliphatic hydroxyl groups excluding tert-OH is 3. The molecule has 12 heteroatoms. The number of nitrogens with one attached hydrogen (secondary N) is 1. The molecule has 3 heterocycles. The van der Waals surface area contributed by atoms with Crippen molar-refractivity contribution in [2.45, 2.75) is 24.5 Å². The Kier molecular flexibility index (Phi) is 5.46. The van der Waals surface area contributed by atoms with E-state index in [0.717, 1.165) is 0 Å². The molecular formula is C16H17N5O7. The number of anilines is 1. The van der Waals surface area contributed by atoms with Crippen LogP contribution in [0.4, 0.5) is 5.95 Å². The van der Waals surface area contributed by atoms with Gasteiger partial charge in [0.25, 0.3) is 5.56 Å². The molecule has 1 saturated heterocycles. The van der Waals surface area contributed by atoms with Crippen molar-refractivity contribution < 1.29 is 29.6 Å². The maximum Gasteiger partial charge on any atom is 0.280 e. The monoisotopic (exact) mass is 391 g/mol. The van der Waals surface area contributed by atoms with Gasteiger partial charge in [0.15, 0.2) is 29.0 Å². The Balaban J connectivity index is 0.000000236. The zero-order valence-corrected chi connectivity index (χ0v) is 14.3. The fraction of sp³-hybridized carbons (Fsp3) is 0.312. The summed E-state index contributed by atoms with van der Waals surface area (Å²) < 4.78 is 6.64. The molecule has 6 N–H and O–H groups in total. The van der Waals surface area contributed by atoms with Crippen molar-refractivity contribution in [2.75, 3.05) is 12.3 Å². The van der Waals surface area contributed by atoms with E-state index in [1.165, 1.54) is 35.2 Å². The predicted molar refractivity (Wildman–Crippen MR) is 93.9 cm³/mol. The Bertz CT molecular complexity index is 986. The summed E-state index contributed by atoms with van der Waals surface area (Å²) in [6.45, 7) is -0.447.